The Morgan fingerprint density at radius 3 is 2.81 bits per heavy atom. The van der Waals surface area contributed by atoms with Crippen LogP contribution in [0.25, 0.3) is 0 Å². The molecule has 0 unspecified atom stereocenters. The third-order valence-electron chi connectivity index (χ3n) is 3.44. The molecule has 2 rings (SSSR count). The zero-order valence-electron chi connectivity index (χ0n) is 12.8. The Kier molecular flexibility index (Phi) is 4.98. The molecular weight excluding hydrogens is 264 g/mol. The molecule has 0 amide bonds. The largest absolute Gasteiger partial charge is 0.383 e. The van der Waals surface area contributed by atoms with Gasteiger partial charge >= 0.3 is 0 Å². The van der Waals surface area contributed by atoms with E-state index in [1.807, 2.05) is 31.0 Å². The predicted octanol–water partition coefficient (Wildman–Crippen LogP) is 2.12. The Morgan fingerprint density at radius 2 is 2.14 bits per heavy atom. The van der Waals surface area contributed by atoms with E-state index in [0.717, 1.165) is 17.9 Å². The molecule has 1 aromatic heterocycles. The fourth-order valence-electron chi connectivity index (χ4n) is 2.04. The number of hydrogen-bond donors (Lipinski definition) is 1. The highest BCUT2D eigenvalue weighted by atomic mass is 16.1. The van der Waals surface area contributed by atoms with Crippen molar-refractivity contribution in [1.29, 1.82) is 0 Å². The van der Waals surface area contributed by atoms with Crippen molar-refractivity contribution < 1.29 is 0 Å². The van der Waals surface area contributed by atoms with Gasteiger partial charge in [-0.25, -0.2) is 4.68 Å². The molecule has 0 atom stereocenters. The first-order valence-electron chi connectivity index (χ1n) is 7.19. The van der Waals surface area contributed by atoms with Crippen molar-refractivity contribution in [3.05, 3.63) is 52.4 Å². The van der Waals surface area contributed by atoms with Gasteiger partial charge in [0, 0.05) is 31.9 Å². The molecule has 2 aromatic rings. The fraction of sp³-hybridized carbons (Fsp3) is 0.375. The Bertz CT molecular complexity index is 651. The maximum absolute atomic E-state index is 12.0. The summed E-state index contributed by atoms with van der Waals surface area (Å²) in [5.74, 6) is 0. The first-order chi connectivity index (χ1) is 10.1. The summed E-state index contributed by atoms with van der Waals surface area (Å²) in [7, 11) is 1.94. The molecule has 112 valence electrons. The smallest absolute Gasteiger partial charge is 0.268 e. The second-order valence-corrected chi connectivity index (χ2v) is 5.09. The maximum Gasteiger partial charge on any atom is 0.268 e. The van der Waals surface area contributed by atoms with Gasteiger partial charge in [-0.15, -0.1) is 0 Å². The Balaban J connectivity index is 1.96. The molecule has 0 spiro atoms. The van der Waals surface area contributed by atoms with Crippen LogP contribution in [-0.2, 0) is 6.54 Å². The lowest BCUT2D eigenvalue weighted by atomic mass is 10.2. The van der Waals surface area contributed by atoms with Gasteiger partial charge in [-0.05, 0) is 31.5 Å². The minimum atomic E-state index is -0.0705. The van der Waals surface area contributed by atoms with Crippen molar-refractivity contribution in [3.8, 4) is 0 Å². The van der Waals surface area contributed by atoms with Gasteiger partial charge in [0.2, 0.25) is 0 Å². The van der Waals surface area contributed by atoms with Crippen LogP contribution in [-0.4, -0.2) is 29.9 Å². The maximum atomic E-state index is 12.0. The molecule has 21 heavy (non-hydrogen) atoms. The number of benzene rings is 1. The van der Waals surface area contributed by atoms with Crippen molar-refractivity contribution in [1.82, 2.24) is 9.78 Å². The summed E-state index contributed by atoms with van der Waals surface area (Å²) in [5.41, 5.74) is 3.05. The summed E-state index contributed by atoms with van der Waals surface area (Å²) in [4.78, 5) is 14.0. The Hall–Kier alpha value is -2.30. The minimum Gasteiger partial charge on any atom is -0.383 e. The average molecular weight is 286 g/mol. The zero-order valence-corrected chi connectivity index (χ0v) is 12.8. The van der Waals surface area contributed by atoms with Crippen molar-refractivity contribution in [2.24, 2.45) is 0 Å². The van der Waals surface area contributed by atoms with Gasteiger partial charge in [-0.2, -0.15) is 5.10 Å². The van der Waals surface area contributed by atoms with Gasteiger partial charge in [0.25, 0.3) is 5.56 Å². The van der Waals surface area contributed by atoms with Crippen LogP contribution in [0.1, 0.15) is 12.5 Å². The highest BCUT2D eigenvalue weighted by Gasteiger charge is 2.03. The van der Waals surface area contributed by atoms with E-state index in [0.29, 0.717) is 13.1 Å². The van der Waals surface area contributed by atoms with Crippen LogP contribution in [0.15, 0.2) is 41.3 Å². The number of hydrogen-bond acceptors (Lipinski definition) is 4. The number of rotatable bonds is 6. The van der Waals surface area contributed by atoms with E-state index in [1.54, 1.807) is 12.3 Å². The Labute approximate surface area is 125 Å². The molecule has 0 aliphatic carbocycles. The summed E-state index contributed by atoms with van der Waals surface area (Å²) in [6.45, 7) is 6.15. The predicted molar refractivity (Wildman–Crippen MR) is 87.1 cm³/mol. The van der Waals surface area contributed by atoms with Crippen molar-refractivity contribution in [3.63, 3.8) is 0 Å². The highest BCUT2D eigenvalue weighted by Crippen LogP contribution is 2.09. The van der Waals surface area contributed by atoms with Gasteiger partial charge in [0.05, 0.1) is 18.4 Å². The molecule has 5 heteroatoms. The molecule has 0 saturated heterocycles. The molecule has 1 aromatic carbocycles. The molecule has 5 nitrogen and oxygen atoms in total. The molecule has 0 fully saturated rings. The van der Waals surface area contributed by atoms with Gasteiger partial charge in [-0.3, -0.25) is 4.79 Å². The second-order valence-electron chi connectivity index (χ2n) is 5.09. The quantitative estimate of drug-likeness (QED) is 0.883. The molecule has 0 aliphatic rings. The van der Waals surface area contributed by atoms with Crippen molar-refractivity contribution >= 4 is 11.4 Å². The number of nitrogens with one attached hydrogen (secondary N) is 1. The van der Waals surface area contributed by atoms with E-state index in [2.05, 4.69) is 29.5 Å². The average Bonchev–Trinajstić information content (AvgIpc) is 2.48. The first kappa shape index (κ1) is 15.1. The summed E-state index contributed by atoms with van der Waals surface area (Å²) < 4.78 is 1.48. The molecular formula is C16H22N4O. The molecule has 0 saturated carbocycles. The van der Waals surface area contributed by atoms with Gasteiger partial charge < -0.3 is 10.2 Å². The van der Waals surface area contributed by atoms with Crippen LogP contribution in [0.3, 0.4) is 0 Å². The van der Waals surface area contributed by atoms with E-state index in [1.165, 1.54) is 10.2 Å². The van der Waals surface area contributed by atoms with Crippen LogP contribution in [0, 0.1) is 6.92 Å². The lowest BCUT2D eigenvalue weighted by Gasteiger charge is -2.16. The molecule has 1 N–H and O–H groups in total. The number of nitrogens with zero attached hydrogens (tertiary/aromatic N) is 3. The van der Waals surface area contributed by atoms with Crippen LogP contribution in [0.4, 0.5) is 11.4 Å². The lowest BCUT2D eigenvalue weighted by molar-refractivity contribution is 0.597. The third-order valence-corrected chi connectivity index (χ3v) is 3.44. The molecule has 0 radical (unpaired) electrons. The third kappa shape index (κ3) is 4.08. The minimum absolute atomic E-state index is 0.0705. The lowest BCUT2D eigenvalue weighted by Crippen LogP contribution is -2.27. The summed E-state index contributed by atoms with van der Waals surface area (Å²) in [6, 6.07) is 9.79. The van der Waals surface area contributed by atoms with Gasteiger partial charge in [0.15, 0.2) is 0 Å². The summed E-state index contributed by atoms with van der Waals surface area (Å²) >= 11 is 0. The Morgan fingerprint density at radius 1 is 1.33 bits per heavy atom. The molecule has 0 aliphatic heterocycles. The second kappa shape index (κ2) is 6.92. The molecule has 0 bridgehead atoms. The van der Waals surface area contributed by atoms with E-state index >= 15 is 0 Å². The van der Waals surface area contributed by atoms with Gasteiger partial charge in [-0.1, -0.05) is 12.1 Å². The van der Waals surface area contributed by atoms with Crippen LogP contribution in [0.5, 0.6) is 0 Å². The van der Waals surface area contributed by atoms with Gasteiger partial charge in [0.1, 0.15) is 0 Å². The standard InChI is InChI=1S/C16H22N4O/c1-4-19(3)15-11-16(21)20(18-12-15)9-8-17-14-7-5-6-13(2)10-14/h5-7,10-12,17H,4,8-9H2,1-3H3. The van der Waals surface area contributed by atoms with Crippen LogP contribution >= 0.6 is 0 Å². The van der Waals surface area contributed by atoms with Crippen LogP contribution < -0.4 is 15.8 Å². The summed E-state index contributed by atoms with van der Waals surface area (Å²) in [5, 5.41) is 7.52. The first-order valence-corrected chi connectivity index (χ1v) is 7.19. The van der Waals surface area contributed by atoms with E-state index in [-0.39, 0.29) is 5.56 Å². The topological polar surface area (TPSA) is 50.2 Å². The fourth-order valence-corrected chi connectivity index (χ4v) is 2.04. The molecule has 1 heterocycles. The van der Waals surface area contributed by atoms with Crippen molar-refractivity contribution in [2.45, 2.75) is 20.4 Å². The van der Waals surface area contributed by atoms with E-state index < -0.39 is 0 Å². The SMILES string of the molecule is CCN(C)c1cnn(CCNc2cccc(C)c2)c(=O)c1. The number of anilines is 2. The van der Waals surface area contributed by atoms with Crippen LogP contribution in [0.2, 0.25) is 0 Å². The zero-order chi connectivity index (χ0) is 15.2. The normalized spacial score (nSPS) is 10.4. The number of aryl methyl sites for hydroxylation is 1. The van der Waals surface area contributed by atoms with E-state index in [4.69, 9.17) is 0 Å². The highest BCUT2D eigenvalue weighted by molar-refractivity contribution is 5.45. The number of aromatic nitrogens is 2. The van der Waals surface area contributed by atoms with E-state index in [9.17, 15) is 4.79 Å². The summed E-state index contributed by atoms with van der Waals surface area (Å²) in [6.07, 6.45) is 1.73. The monoisotopic (exact) mass is 286 g/mol. The van der Waals surface area contributed by atoms with Crippen molar-refractivity contribution in [2.75, 3.05) is 30.4 Å².